The predicted octanol–water partition coefficient (Wildman–Crippen LogP) is 2.64. The number of halogens is 1. The van der Waals surface area contributed by atoms with Gasteiger partial charge in [0.15, 0.2) is 0 Å². The molecule has 0 bridgehead atoms. The molecule has 1 aliphatic carbocycles. The Balaban J connectivity index is 0.00000200. The number of rotatable bonds is 5. The highest BCUT2D eigenvalue weighted by Crippen LogP contribution is 2.41. The highest BCUT2D eigenvalue weighted by atomic mass is 35.5. The van der Waals surface area contributed by atoms with Crippen molar-refractivity contribution in [3.63, 3.8) is 0 Å². The van der Waals surface area contributed by atoms with Crippen LogP contribution in [0.25, 0.3) is 0 Å². The minimum absolute atomic E-state index is 0. The Bertz CT molecular complexity index is 416. The Kier molecular flexibility index (Phi) is 6.50. The van der Waals surface area contributed by atoms with Crippen molar-refractivity contribution in [1.82, 2.24) is 10.6 Å². The van der Waals surface area contributed by atoms with Gasteiger partial charge in [-0.1, -0.05) is 43.2 Å². The third kappa shape index (κ3) is 3.53. The van der Waals surface area contributed by atoms with Crippen LogP contribution in [-0.4, -0.2) is 25.5 Å². The maximum Gasteiger partial charge on any atom is 0.230 e. The summed E-state index contributed by atoms with van der Waals surface area (Å²) in [5.74, 6) is 0.193. The molecule has 1 aliphatic rings. The van der Waals surface area contributed by atoms with Crippen LogP contribution >= 0.6 is 12.4 Å². The van der Waals surface area contributed by atoms with Crippen molar-refractivity contribution >= 4 is 18.3 Å². The van der Waals surface area contributed by atoms with Gasteiger partial charge in [-0.05, 0) is 32.4 Å². The number of nitrogens with one attached hydrogen (secondary N) is 2. The highest BCUT2D eigenvalue weighted by molar-refractivity contribution is 5.88. The third-order valence-electron chi connectivity index (χ3n) is 4.28. The fourth-order valence-electron chi connectivity index (χ4n) is 2.90. The van der Waals surface area contributed by atoms with Crippen molar-refractivity contribution in [3.8, 4) is 0 Å². The van der Waals surface area contributed by atoms with Gasteiger partial charge in [0.05, 0.1) is 5.41 Å². The molecule has 1 aromatic carbocycles. The molecule has 20 heavy (non-hydrogen) atoms. The molecular weight excluding hydrogens is 272 g/mol. The molecule has 3 nitrogen and oxygen atoms in total. The summed E-state index contributed by atoms with van der Waals surface area (Å²) in [5, 5.41) is 6.26. The van der Waals surface area contributed by atoms with E-state index in [4.69, 9.17) is 0 Å². The maximum absolute atomic E-state index is 12.6. The van der Waals surface area contributed by atoms with Gasteiger partial charge >= 0.3 is 0 Å². The summed E-state index contributed by atoms with van der Waals surface area (Å²) in [7, 11) is 1.92. The van der Waals surface area contributed by atoms with E-state index < -0.39 is 0 Å². The van der Waals surface area contributed by atoms with Crippen LogP contribution in [0.15, 0.2) is 30.3 Å². The van der Waals surface area contributed by atoms with Gasteiger partial charge in [0.2, 0.25) is 5.91 Å². The summed E-state index contributed by atoms with van der Waals surface area (Å²) >= 11 is 0. The summed E-state index contributed by atoms with van der Waals surface area (Å²) in [6.07, 6.45) is 4.22. The van der Waals surface area contributed by atoms with E-state index >= 15 is 0 Å². The molecule has 0 heterocycles. The van der Waals surface area contributed by atoms with Gasteiger partial charge < -0.3 is 10.6 Å². The van der Waals surface area contributed by atoms with E-state index in [1.807, 2.05) is 25.2 Å². The van der Waals surface area contributed by atoms with Crippen LogP contribution in [0, 0.1) is 0 Å². The first-order valence-corrected chi connectivity index (χ1v) is 7.20. The Hall–Kier alpha value is -1.06. The fraction of sp³-hybridized carbons (Fsp3) is 0.562. The topological polar surface area (TPSA) is 41.1 Å². The molecule has 0 spiro atoms. The van der Waals surface area contributed by atoms with E-state index in [1.165, 1.54) is 5.56 Å². The number of amides is 1. The van der Waals surface area contributed by atoms with Crippen LogP contribution < -0.4 is 10.6 Å². The normalized spacial score (nSPS) is 18.1. The van der Waals surface area contributed by atoms with Crippen LogP contribution in [0.5, 0.6) is 0 Å². The molecule has 1 unspecified atom stereocenters. The number of hydrogen-bond donors (Lipinski definition) is 2. The van der Waals surface area contributed by atoms with E-state index in [0.29, 0.717) is 12.6 Å². The molecule has 0 aliphatic heterocycles. The molecule has 0 aromatic heterocycles. The van der Waals surface area contributed by atoms with Crippen molar-refractivity contribution in [2.24, 2.45) is 0 Å². The zero-order chi connectivity index (χ0) is 13.7. The van der Waals surface area contributed by atoms with Gasteiger partial charge in [-0.2, -0.15) is 0 Å². The first kappa shape index (κ1) is 17.0. The average molecular weight is 297 g/mol. The summed E-state index contributed by atoms with van der Waals surface area (Å²) in [4.78, 5) is 12.6. The molecule has 1 amide bonds. The van der Waals surface area contributed by atoms with Crippen LogP contribution in [0.2, 0.25) is 0 Å². The Morgan fingerprint density at radius 2 is 1.85 bits per heavy atom. The lowest BCUT2D eigenvalue weighted by Crippen LogP contribution is -2.46. The lowest BCUT2D eigenvalue weighted by Gasteiger charge is -2.29. The van der Waals surface area contributed by atoms with E-state index in [-0.39, 0.29) is 23.7 Å². The number of carbonyl (C=O) groups excluding carboxylic acids is 1. The zero-order valence-corrected chi connectivity index (χ0v) is 13.1. The molecule has 2 rings (SSSR count). The van der Waals surface area contributed by atoms with Crippen LogP contribution in [0.3, 0.4) is 0 Å². The summed E-state index contributed by atoms with van der Waals surface area (Å²) in [6.45, 7) is 2.76. The highest BCUT2D eigenvalue weighted by Gasteiger charge is 2.42. The van der Waals surface area contributed by atoms with Crippen LogP contribution in [0.4, 0.5) is 0 Å². The number of carbonyl (C=O) groups is 1. The SMILES string of the molecule is CNC(C)CNC(=O)C1(c2ccccc2)CCCC1.Cl. The monoisotopic (exact) mass is 296 g/mol. The van der Waals surface area contributed by atoms with Crippen molar-refractivity contribution < 1.29 is 4.79 Å². The van der Waals surface area contributed by atoms with Crippen LogP contribution in [-0.2, 0) is 10.2 Å². The van der Waals surface area contributed by atoms with Gasteiger partial charge in [0.25, 0.3) is 0 Å². The molecule has 0 saturated heterocycles. The van der Waals surface area contributed by atoms with E-state index in [0.717, 1.165) is 25.7 Å². The minimum Gasteiger partial charge on any atom is -0.354 e. The molecule has 1 saturated carbocycles. The van der Waals surface area contributed by atoms with Crippen molar-refractivity contribution in [2.45, 2.75) is 44.1 Å². The first-order valence-electron chi connectivity index (χ1n) is 7.20. The van der Waals surface area contributed by atoms with Gasteiger partial charge in [-0.3, -0.25) is 4.79 Å². The average Bonchev–Trinajstić information content (AvgIpc) is 2.96. The summed E-state index contributed by atoms with van der Waals surface area (Å²) in [6, 6.07) is 10.5. The van der Waals surface area contributed by atoms with Crippen molar-refractivity contribution in [2.75, 3.05) is 13.6 Å². The summed E-state index contributed by atoms with van der Waals surface area (Å²) in [5.41, 5.74) is 0.872. The van der Waals surface area contributed by atoms with Gasteiger partial charge in [-0.15, -0.1) is 12.4 Å². The van der Waals surface area contributed by atoms with E-state index in [9.17, 15) is 4.79 Å². The predicted molar refractivity (Wildman–Crippen MR) is 85.4 cm³/mol. The largest absolute Gasteiger partial charge is 0.354 e. The van der Waals surface area contributed by atoms with E-state index in [2.05, 4.69) is 29.7 Å². The standard InChI is InChI=1S/C16H24N2O.ClH/c1-13(17-2)12-18-15(19)16(10-6-7-11-16)14-8-4-3-5-9-14;/h3-5,8-9,13,17H,6-7,10-12H2,1-2H3,(H,18,19);1H. The van der Waals surface area contributed by atoms with Gasteiger partial charge in [0.1, 0.15) is 0 Å². The van der Waals surface area contributed by atoms with Gasteiger partial charge in [0, 0.05) is 12.6 Å². The lowest BCUT2D eigenvalue weighted by molar-refractivity contribution is -0.126. The zero-order valence-electron chi connectivity index (χ0n) is 12.3. The molecule has 112 valence electrons. The molecule has 1 aromatic rings. The Morgan fingerprint density at radius 1 is 1.25 bits per heavy atom. The smallest absolute Gasteiger partial charge is 0.230 e. The second-order valence-corrected chi connectivity index (χ2v) is 5.55. The second kappa shape index (κ2) is 7.65. The minimum atomic E-state index is -0.297. The van der Waals surface area contributed by atoms with Crippen molar-refractivity contribution in [3.05, 3.63) is 35.9 Å². The number of likely N-dealkylation sites (N-methyl/N-ethyl adjacent to an activating group) is 1. The summed E-state index contributed by atoms with van der Waals surface area (Å²) < 4.78 is 0. The molecule has 4 heteroatoms. The van der Waals surface area contributed by atoms with E-state index in [1.54, 1.807) is 0 Å². The third-order valence-corrected chi connectivity index (χ3v) is 4.28. The number of hydrogen-bond acceptors (Lipinski definition) is 2. The van der Waals surface area contributed by atoms with Crippen LogP contribution in [0.1, 0.15) is 38.2 Å². The lowest BCUT2D eigenvalue weighted by atomic mass is 9.78. The number of benzene rings is 1. The maximum atomic E-state index is 12.6. The fourth-order valence-corrected chi connectivity index (χ4v) is 2.90. The Labute approximate surface area is 127 Å². The molecule has 2 N–H and O–H groups in total. The molecule has 1 atom stereocenters. The first-order chi connectivity index (χ1) is 9.19. The quantitative estimate of drug-likeness (QED) is 0.877. The van der Waals surface area contributed by atoms with Crippen molar-refractivity contribution in [1.29, 1.82) is 0 Å². The van der Waals surface area contributed by atoms with Gasteiger partial charge in [-0.25, -0.2) is 0 Å². The molecule has 0 radical (unpaired) electrons. The second-order valence-electron chi connectivity index (χ2n) is 5.55. The molecular formula is C16H25ClN2O. The molecule has 1 fully saturated rings. The Morgan fingerprint density at radius 3 is 2.40 bits per heavy atom.